The molecule has 196 valence electrons. The minimum Gasteiger partial charge on any atom is -0.456 e. The molecule has 12 heteroatoms. The van der Waals surface area contributed by atoms with Crippen molar-refractivity contribution in [2.45, 2.75) is 58.1 Å². The molecule has 1 saturated carbocycles. The van der Waals surface area contributed by atoms with E-state index in [9.17, 15) is 26.8 Å². The second-order valence-electron chi connectivity index (χ2n) is 9.42. The number of rotatable bonds is 9. The van der Waals surface area contributed by atoms with Crippen LogP contribution in [0.4, 0.5) is 13.6 Å². The number of benzene rings is 1. The Hall–Kier alpha value is -2.99. The zero-order valence-corrected chi connectivity index (χ0v) is 21.8. The third-order valence-electron chi connectivity index (χ3n) is 4.83. The molecule has 2 amide bonds. The van der Waals surface area contributed by atoms with Gasteiger partial charge in [0.1, 0.15) is 16.2 Å². The van der Waals surface area contributed by atoms with Crippen molar-refractivity contribution >= 4 is 33.4 Å². The maximum Gasteiger partial charge on any atom is 0.421 e. The molecular weight excluding hydrogens is 514 g/mol. The third kappa shape index (κ3) is 8.30. The van der Waals surface area contributed by atoms with Gasteiger partial charge in [-0.15, -0.1) is 11.3 Å². The highest BCUT2D eigenvalue weighted by atomic mass is 32.2. The van der Waals surface area contributed by atoms with E-state index in [0.29, 0.717) is 17.1 Å². The van der Waals surface area contributed by atoms with Gasteiger partial charge in [0.2, 0.25) is 0 Å². The number of hydrogen-bond donors (Lipinski definition) is 2. The van der Waals surface area contributed by atoms with E-state index in [2.05, 4.69) is 5.32 Å². The van der Waals surface area contributed by atoms with Gasteiger partial charge >= 0.3 is 6.09 Å². The summed E-state index contributed by atoms with van der Waals surface area (Å²) in [6, 6.07) is 8.85. The molecule has 1 aliphatic carbocycles. The number of alkyl halides is 2. The van der Waals surface area contributed by atoms with Crippen molar-refractivity contribution in [3.63, 3.8) is 0 Å². The first kappa shape index (κ1) is 27.6. The van der Waals surface area contributed by atoms with Crippen molar-refractivity contribution in [1.29, 1.82) is 0 Å². The number of amides is 2. The molecule has 1 fully saturated rings. The normalized spacial score (nSPS) is 15.4. The van der Waals surface area contributed by atoms with Gasteiger partial charge in [-0.1, -0.05) is 18.2 Å². The van der Waals surface area contributed by atoms with Gasteiger partial charge in [0, 0.05) is 18.4 Å². The summed E-state index contributed by atoms with van der Waals surface area (Å²) in [5.74, 6) is -3.56. The summed E-state index contributed by atoms with van der Waals surface area (Å²) < 4.78 is 65.0. The Labute approximate surface area is 212 Å². The topological polar surface area (TPSA) is 111 Å². The fourth-order valence-corrected chi connectivity index (χ4v) is 4.71. The minimum absolute atomic E-state index is 0.0297. The van der Waals surface area contributed by atoms with Crippen LogP contribution in [0, 0.1) is 5.92 Å². The highest BCUT2D eigenvalue weighted by Crippen LogP contribution is 2.41. The number of para-hydroxylation sites is 1. The molecule has 1 heterocycles. The van der Waals surface area contributed by atoms with E-state index >= 15 is 0 Å². The summed E-state index contributed by atoms with van der Waals surface area (Å²) in [5.41, 5.74) is -0.887. The van der Waals surface area contributed by atoms with E-state index in [1.165, 1.54) is 6.08 Å². The highest BCUT2D eigenvalue weighted by Gasteiger charge is 2.35. The quantitative estimate of drug-likeness (QED) is 0.431. The number of carbonyl (C=O) groups is 2. The summed E-state index contributed by atoms with van der Waals surface area (Å²) in [6.45, 7) is 5.50. The first-order valence-corrected chi connectivity index (χ1v) is 13.5. The van der Waals surface area contributed by atoms with Crippen molar-refractivity contribution in [1.82, 2.24) is 10.0 Å². The summed E-state index contributed by atoms with van der Waals surface area (Å²) in [7, 11) is -4.20. The molecule has 1 atom stereocenters. The summed E-state index contributed by atoms with van der Waals surface area (Å²) >= 11 is 0.602. The number of carbonyl (C=O) groups excluding carboxylic acids is 2. The summed E-state index contributed by atoms with van der Waals surface area (Å²) in [6.07, 6.45) is 1.60. The zero-order valence-electron chi connectivity index (χ0n) is 20.2. The Morgan fingerprint density at radius 1 is 1.14 bits per heavy atom. The van der Waals surface area contributed by atoms with Crippen LogP contribution in [-0.2, 0) is 20.7 Å². The molecule has 2 aromatic rings. The number of halogens is 2. The van der Waals surface area contributed by atoms with Crippen molar-refractivity contribution in [3.8, 4) is 11.5 Å². The molecule has 3 rings (SSSR count). The van der Waals surface area contributed by atoms with Crippen LogP contribution in [0.3, 0.4) is 0 Å². The van der Waals surface area contributed by atoms with Gasteiger partial charge < -0.3 is 14.8 Å². The van der Waals surface area contributed by atoms with Crippen molar-refractivity contribution in [2.75, 3.05) is 0 Å². The lowest BCUT2D eigenvalue weighted by Gasteiger charge is -2.19. The van der Waals surface area contributed by atoms with Gasteiger partial charge in [0.25, 0.3) is 21.9 Å². The molecular formula is C24H28F2N2O6S2. The van der Waals surface area contributed by atoms with E-state index in [1.54, 1.807) is 55.8 Å². The molecule has 1 aromatic carbocycles. The van der Waals surface area contributed by atoms with Crippen LogP contribution in [0.25, 0.3) is 0 Å². The van der Waals surface area contributed by atoms with Crippen LogP contribution in [0.1, 0.15) is 55.1 Å². The SMILES string of the molecule is CC(C)(C)OC(=O)NS(=O)(=O)/C=C/[C@@H](NC(=O)c1sc(C(C)(F)F)cc1Oc1ccccc1)C1CC1. The van der Waals surface area contributed by atoms with Gasteiger partial charge in [-0.3, -0.25) is 4.79 Å². The zero-order chi connectivity index (χ0) is 26.7. The van der Waals surface area contributed by atoms with Crippen molar-refractivity contribution < 1.29 is 36.3 Å². The van der Waals surface area contributed by atoms with Crippen molar-refractivity contribution in [3.05, 3.63) is 57.6 Å². The van der Waals surface area contributed by atoms with E-state index in [4.69, 9.17) is 9.47 Å². The number of thiophene rings is 1. The van der Waals surface area contributed by atoms with Gasteiger partial charge in [-0.2, -0.15) is 0 Å². The Morgan fingerprint density at radius 2 is 1.78 bits per heavy atom. The predicted octanol–water partition coefficient (Wildman–Crippen LogP) is 5.53. The number of hydrogen-bond acceptors (Lipinski definition) is 7. The van der Waals surface area contributed by atoms with Gasteiger partial charge in [-0.05, 0) is 57.7 Å². The van der Waals surface area contributed by atoms with Crippen LogP contribution in [0.15, 0.2) is 47.9 Å². The van der Waals surface area contributed by atoms with Crippen LogP contribution >= 0.6 is 11.3 Å². The molecule has 36 heavy (non-hydrogen) atoms. The summed E-state index contributed by atoms with van der Waals surface area (Å²) in [5, 5.41) is 3.48. The van der Waals surface area contributed by atoms with Crippen LogP contribution in [0.5, 0.6) is 11.5 Å². The highest BCUT2D eigenvalue weighted by molar-refractivity contribution is 7.92. The number of ether oxygens (including phenoxy) is 2. The number of nitrogens with one attached hydrogen (secondary N) is 2. The average molecular weight is 543 g/mol. The largest absolute Gasteiger partial charge is 0.456 e. The Bertz CT molecular complexity index is 1230. The molecule has 0 bridgehead atoms. The maximum absolute atomic E-state index is 14.0. The molecule has 0 aliphatic heterocycles. The first-order valence-electron chi connectivity index (χ1n) is 11.1. The van der Waals surface area contributed by atoms with E-state index in [0.717, 1.165) is 31.2 Å². The fourth-order valence-electron chi connectivity index (χ4n) is 3.07. The standard InChI is InChI=1S/C24H28F2N2O6S2/c1-23(2,3)34-22(30)28-36(31,32)13-12-17(15-10-11-15)27-21(29)20-18(14-19(35-20)24(4,25)26)33-16-8-6-5-7-9-16/h5-9,12-15,17H,10-11H2,1-4H3,(H,27,29)(H,28,30)/b13-12+/t17-/m1/s1. The molecule has 0 radical (unpaired) electrons. The molecule has 0 spiro atoms. The smallest absolute Gasteiger partial charge is 0.421 e. The van der Waals surface area contributed by atoms with E-state index in [-0.39, 0.29) is 21.4 Å². The second-order valence-corrected chi connectivity index (χ2v) is 12.0. The summed E-state index contributed by atoms with van der Waals surface area (Å²) in [4.78, 5) is 24.5. The predicted molar refractivity (Wildman–Crippen MR) is 132 cm³/mol. The van der Waals surface area contributed by atoms with E-state index < -0.39 is 39.6 Å². The van der Waals surface area contributed by atoms with Crippen molar-refractivity contribution in [2.24, 2.45) is 5.92 Å². The Balaban J connectivity index is 1.78. The lowest BCUT2D eigenvalue weighted by molar-refractivity contribution is 0.0214. The minimum atomic E-state index is -4.20. The molecule has 0 saturated heterocycles. The maximum atomic E-state index is 14.0. The van der Waals surface area contributed by atoms with Gasteiger partial charge in [0.05, 0.1) is 10.9 Å². The van der Waals surface area contributed by atoms with Crippen LogP contribution < -0.4 is 14.8 Å². The fraction of sp³-hybridized carbons (Fsp3) is 0.417. The lowest BCUT2D eigenvalue weighted by atomic mass is 10.2. The van der Waals surface area contributed by atoms with Gasteiger partial charge in [-0.25, -0.2) is 26.7 Å². The lowest BCUT2D eigenvalue weighted by Crippen LogP contribution is -2.37. The molecule has 0 unspecified atom stereocenters. The van der Waals surface area contributed by atoms with Crippen LogP contribution in [-0.4, -0.2) is 32.1 Å². The monoisotopic (exact) mass is 542 g/mol. The molecule has 1 aliphatic rings. The van der Waals surface area contributed by atoms with E-state index in [1.807, 2.05) is 0 Å². The third-order valence-corrected chi connectivity index (χ3v) is 7.08. The molecule has 2 N–H and O–H groups in total. The Kier molecular flexibility index (Phi) is 8.09. The second kappa shape index (κ2) is 10.6. The van der Waals surface area contributed by atoms with Crippen LogP contribution in [0.2, 0.25) is 0 Å². The number of sulfonamides is 1. The Morgan fingerprint density at radius 3 is 2.33 bits per heavy atom. The first-order chi connectivity index (χ1) is 16.6. The average Bonchev–Trinajstić information content (AvgIpc) is 3.48. The molecule has 8 nitrogen and oxygen atoms in total. The molecule has 1 aromatic heterocycles. The van der Waals surface area contributed by atoms with Gasteiger partial charge in [0.15, 0.2) is 5.75 Å².